The molecule has 0 aromatic carbocycles. The summed E-state index contributed by atoms with van der Waals surface area (Å²) in [6.45, 7) is 0. The first-order valence-corrected chi connectivity index (χ1v) is 10.9. The standard InChI is InChI=1S/C24H30N2O2/c27-21(25-19-7-3-1-4-8-19)23-12-17-11-18(13-23)15-24(14-17,16-23)22(28)26-20-9-5-2-6-10-20/h1-7,9,17-20H,8,10-16H2,(H,25,27)(H,26,28). The Morgan fingerprint density at radius 2 is 1.18 bits per heavy atom. The topological polar surface area (TPSA) is 58.2 Å². The zero-order valence-electron chi connectivity index (χ0n) is 16.4. The Labute approximate surface area is 167 Å². The molecule has 2 unspecified atom stereocenters. The number of carbonyl (C=O) groups is 2. The molecular formula is C24H30N2O2. The third kappa shape index (κ3) is 3.07. The van der Waals surface area contributed by atoms with Gasteiger partial charge in [-0.2, -0.15) is 0 Å². The predicted octanol–water partition coefficient (Wildman–Crippen LogP) is 3.57. The van der Waals surface area contributed by atoms with E-state index in [0.717, 1.165) is 44.9 Å². The second kappa shape index (κ2) is 6.75. The van der Waals surface area contributed by atoms with Crippen molar-refractivity contribution < 1.29 is 9.59 Å². The Balaban J connectivity index is 1.34. The molecule has 0 aliphatic heterocycles. The molecule has 0 aromatic rings. The third-order valence-corrected chi connectivity index (χ3v) is 7.62. The number of allylic oxidation sites excluding steroid dienone is 4. The first kappa shape index (κ1) is 18.0. The monoisotopic (exact) mass is 378 g/mol. The average Bonchev–Trinajstić information content (AvgIpc) is 2.68. The van der Waals surface area contributed by atoms with Crippen molar-refractivity contribution in [2.24, 2.45) is 22.7 Å². The van der Waals surface area contributed by atoms with Crippen LogP contribution in [0.15, 0.2) is 48.6 Å². The van der Waals surface area contributed by atoms with Gasteiger partial charge in [-0.25, -0.2) is 0 Å². The number of hydrogen-bond acceptors (Lipinski definition) is 2. The van der Waals surface area contributed by atoms with Gasteiger partial charge in [-0.1, -0.05) is 48.6 Å². The van der Waals surface area contributed by atoms with Crippen LogP contribution in [0.5, 0.6) is 0 Å². The molecule has 6 aliphatic rings. The molecule has 0 spiro atoms. The Hall–Kier alpha value is -2.10. The fourth-order valence-corrected chi connectivity index (χ4v) is 6.81. The van der Waals surface area contributed by atoms with Crippen LogP contribution in [0.1, 0.15) is 51.4 Å². The molecule has 0 saturated heterocycles. The highest BCUT2D eigenvalue weighted by Crippen LogP contribution is 2.65. The summed E-state index contributed by atoms with van der Waals surface area (Å²) in [6, 6.07) is 0.184. The minimum atomic E-state index is -0.348. The van der Waals surface area contributed by atoms with E-state index in [1.807, 2.05) is 24.3 Å². The highest BCUT2D eigenvalue weighted by atomic mass is 16.2. The number of rotatable bonds is 4. The number of carbonyl (C=O) groups excluding carboxylic acids is 2. The molecule has 4 saturated carbocycles. The highest BCUT2D eigenvalue weighted by Gasteiger charge is 2.63. The molecule has 148 valence electrons. The van der Waals surface area contributed by atoms with Crippen molar-refractivity contribution in [1.82, 2.24) is 10.6 Å². The first-order chi connectivity index (χ1) is 13.6. The fraction of sp³-hybridized carbons (Fsp3) is 0.583. The van der Waals surface area contributed by atoms with Crippen molar-refractivity contribution in [3.63, 3.8) is 0 Å². The van der Waals surface area contributed by atoms with Crippen LogP contribution in [0, 0.1) is 22.7 Å². The van der Waals surface area contributed by atoms with Crippen LogP contribution in [-0.2, 0) is 9.59 Å². The molecule has 2 amide bonds. The van der Waals surface area contributed by atoms with Crippen LogP contribution in [0.4, 0.5) is 0 Å². The van der Waals surface area contributed by atoms with E-state index in [1.165, 1.54) is 6.42 Å². The molecule has 2 atom stereocenters. The van der Waals surface area contributed by atoms with Crippen LogP contribution in [0.2, 0.25) is 0 Å². The second-order valence-corrected chi connectivity index (χ2v) is 9.78. The van der Waals surface area contributed by atoms with E-state index in [0.29, 0.717) is 11.8 Å². The van der Waals surface area contributed by atoms with Gasteiger partial charge in [0.25, 0.3) is 0 Å². The van der Waals surface area contributed by atoms with Gasteiger partial charge in [-0.3, -0.25) is 9.59 Å². The normalized spacial score (nSPS) is 42.6. The fourth-order valence-electron chi connectivity index (χ4n) is 6.81. The van der Waals surface area contributed by atoms with E-state index in [2.05, 4.69) is 34.9 Å². The van der Waals surface area contributed by atoms with Gasteiger partial charge in [0, 0.05) is 0 Å². The summed E-state index contributed by atoms with van der Waals surface area (Å²) in [6.07, 6.45) is 23.9. The maximum atomic E-state index is 13.4. The molecule has 4 fully saturated rings. The van der Waals surface area contributed by atoms with E-state index in [4.69, 9.17) is 0 Å². The summed E-state index contributed by atoms with van der Waals surface area (Å²) in [5, 5.41) is 6.57. The first-order valence-electron chi connectivity index (χ1n) is 10.9. The molecule has 28 heavy (non-hydrogen) atoms. The molecule has 2 N–H and O–H groups in total. The molecule has 4 nitrogen and oxygen atoms in total. The second-order valence-electron chi connectivity index (χ2n) is 9.78. The third-order valence-electron chi connectivity index (χ3n) is 7.62. The van der Waals surface area contributed by atoms with Crippen LogP contribution >= 0.6 is 0 Å². The zero-order chi connectivity index (χ0) is 19.2. The van der Waals surface area contributed by atoms with Crippen LogP contribution in [-0.4, -0.2) is 23.9 Å². The Kier molecular flexibility index (Phi) is 4.33. The lowest BCUT2D eigenvalue weighted by Crippen LogP contribution is -2.62. The maximum Gasteiger partial charge on any atom is 0.226 e. The van der Waals surface area contributed by atoms with Gasteiger partial charge < -0.3 is 10.6 Å². The molecule has 0 heterocycles. The molecule has 0 radical (unpaired) electrons. The van der Waals surface area contributed by atoms with Crippen LogP contribution < -0.4 is 10.6 Å². The molecule has 4 heteroatoms. The van der Waals surface area contributed by atoms with Gasteiger partial charge in [0.1, 0.15) is 0 Å². The zero-order valence-corrected chi connectivity index (χ0v) is 16.4. The maximum absolute atomic E-state index is 13.4. The minimum Gasteiger partial charge on any atom is -0.349 e. The van der Waals surface area contributed by atoms with E-state index in [-0.39, 0.29) is 34.7 Å². The smallest absolute Gasteiger partial charge is 0.226 e. The summed E-state index contributed by atoms with van der Waals surface area (Å²) in [4.78, 5) is 26.8. The van der Waals surface area contributed by atoms with Gasteiger partial charge in [-0.05, 0) is 63.2 Å². The van der Waals surface area contributed by atoms with Gasteiger partial charge in [0.15, 0.2) is 0 Å². The summed E-state index contributed by atoms with van der Waals surface area (Å²) < 4.78 is 0. The quantitative estimate of drug-likeness (QED) is 0.786. The highest BCUT2D eigenvalue weighted by molar-refractivity contribution is 5.88. The average molecular weight is 379 g/mol. The lowest BCUT2D eigenvalue weighted by atomic mass is 9.43. The summed E-state index contributed by atoms with van der Waals surface area (Å²) in [7, 11) is 0. The lowest BCUT2D eigenvalue weighted by molar-refractivity contribution is -0.167. The molecule has 4 bridgehead atoms. The van der Waals surface area contributed by atoms with E-state index >= 15 is 0 Å². The molecular weight excluding hydrogens is 348 g/mol. The molecule has 6 rings (SSSR count). The van der Waals surface area contributed by atoms with E-state index in [9.17, 15) is 9.59 Å². The van der Waals surface area contributed by atoms with Gasteiger partial charge >= 0.3 is 0 Å². The molecule has 0 aromatic heterocycles. The Bertz CT molecular complexity index is 714. The van der Waals surface area contributed by atoms with Crippen molar-refractivity contribution in [3.05, 3.63) is 48.6 Å². The number of nitrogens with one attached hydrogen (secondary N) is 2. The van der Waals surface area contributed by atoms with Gasteiger partial charge in [-0.15, -0.1) is 0 Å². The summed E-state index contributed by atoms with van der Waals surface area (Å²) >= 11 is 0. The van der Waals surface area contributed by atoms with Crippen molar-refractivity contribution >= 4 is 11.8 Å². The van der Waals surface area contributed by atoms with E-state index in [1.54, 1.807) is 0 Å². The van der Waals surface area contributed by atoms with E-state index < -0.39 is 0 Å². The lowest BCUT2D eigenvalue weighted by Gasteiger charge is -2.60. The number of amides is 2. The summed E-state index contributed by atoms with van der Waals surface area (Å²) in [5.74, 6) is 1.40. The van der Waals surface area contributed by atoms with Gasteiger partial charge in [0.05, 0.1) is 22.9 Å². The SMILES string of the molecule is O=C(NC1C=CC=CC1)C12CC3CC(C1)CC(C(=O)NC1C=CC=CC1)(C3)C2. The van der Waals surface area contributed by atoms with Crippen molar-refractivity contribution in [2.45, 2.75) is 63.5 Å². The van der Waals surface area contributed by atoms with Crippen molar-refractivity contribution in [3.8, 4) is 0 Å². The Morgan fingerprint density at radius 1 is 0.714 bits per heavy atom. The minimum absolute atomic E-state index is 0.0921. The van der Waals surface area contributed by atoms with Crippen LogP contribution in [0.3, 0.4) is 0 Å². The van der Waals surface area contributed by atoms with Gasteiger partial charge in [0.2, 0.25) is 11.8 Å². The largest absolute Gasteiger partial charge is 0.349 e. The summed E-state index contributed by atoms with van der Waals surface area (Å²) in [5.41, 5.74) is -0.697. The van der Waals surface area contributed by atoms with Crippen molar-refractivity contribution in [1.29, 1.82) is 0 Å². The Morgan fingerprint density at radius 3 is 1.57 bits per heavy atom. The van der Waals surface area contributed by atoms with Crippen LogP contribution in [0.25, 0.3) is 0 Å². The molecule has 6 aliphatic carbocycles. The predicted molar refractivity (Wildman–Crippen MR) is 109 cm³/mol. The van der Waals surface area contributed by atoms with Crippen molar-refractivity contribution in [2.75, 3.05) is 0 Å². The number of hydrogen-bond donors (Lipinski definition) is 2.